The molecule has 1 aromatic rings. The highest BCUT2D eigenvalue weighted by Crippen LogP contribution is 2.28. The molecule has 5 nitrogen and oxygen atoms in total. The van der Waals surface area contributed by atoms with Crippen LogP contribution in [0, 0.1) is 0 Å². The van der Waals surface area contributed by atoms with Gasteiger partial charge in [-0.1, -0.05) is 11.6 Å². The molecule has 1 rings (SSSR count). The maximum Gasteiger partial charge on any atom is 0.261 e. The van der Waals surface area contributed by atoms with Crippen LogP contribution in [0.2, 0.25) is 5.02 Å². The van der Waals surface area contributed by atoms with Crippen LogP contribution in [0.3, 0.4) is 0 Å². The van der Waals surface area contributed by atoms with Gasteiger partial charge in [0.1, 0.15) is 11.8 Å². The summed E-state index contributed by atoms with van der Waals surface area (Å²) >= 11 is 9.15. The molecule has 0 radical (unpaired) electrons. The van der Waals surface area contributed by atoms with Crippen LogP contribution in [0.25, 0.3) is 0 Å². The summed E-state index contributed by atoms with van der Waals surface area (Å²) in [6.07, 6.45) is -0.737. The first-order valence-corrected chi connectivity index (χ1v) is 7.72. The molecule has 7 heteroatoms. The van der Waals surface area contributed by atoms with Crippen molar-refractivity contribution in [1.82, 2.24) is 10.6 Å². The predicted molar refractivity (Wildman–Crippen MR) is 85.5 cm³/mol. The SMILES string of the molecule is CCNC(=O)[C@H](C)NC(=O)[C@H](C)Oc1ccc(Cl)cc1Br. The first kappa shape index (κ1) is 17.8. The van der Waals surface area contributed by atoms with Gasteiger partial charge in [-0.05, 0) is 54.9 Å². The summed E-state index contributed by atoms with van der Waals surface area (Å²) in [4.78, 5) is 23.5. The number of nitrogens with one attached hydrogen (secondary N) is 2. The normalized spacial score (nSPS) is 13.2. The van der Waals surface area contributed by atoms with Gasteiger partial charge >= 0.3 is 0 Å². The lowest BCUT2D eigenvalue weighted by Gasteiger charge is -2.18. The standard InChI is InChI=1S/C14H18BrClN2O3/c1-4-17-13(19)8(2)18-14(20)9(3)21-12-6-5-10(16)7-11(12)15/h5-9H,4H2,1-3H3,(H,17,19)(H,18,20)/t8-,9-/m0/s1. The molecule has 1 aromatic carbocycles. The Hall–Kier alpha value is -1.27. The highest BCUT2D eigenvalue weighted by Gasteiger charge is 2.21. The number of likely N-dealkylation sites (N-methyl/N-ethyl adjacent to an activating group) is 1. The molecule has 0 spiro atoms. The third-order valence-electron chi connectivity index (χ3n) is 2.67. The molecule has 0 aromatic heterocycles. The summed E-state index contributed by atoms with van der Waals surface area (Å²) in [7, 11) is 0. The van der Waals surface area contributed by atoms with Gasteiger partial charge in [0.05, 0.1) is 4.47 Å². The van der Waals surface area contributed by atoms with E-state index in [1.165, 1.54) is 0 Å². The monoisotopic (exact) mass is 376 g/mol. The molecule has 2 amide bonds. The quantitative estimate of drug-likeness (QED) is 0.800. The molecule has 116 valence electrons. The van der Waals surface area contributed by atoms with Gasteiger partial charge < -0.3 is 15.4 Å². The lowest BCUT2D eigenvalue weighted by atomic mass is 10.2. The molecular formula is C14H18BrClN2O3. The second-order valence-electron chi connectivity index (χ2n) is 4.46. The Morgan fingerprint density at radius 3 is 2.57 bits per heavy atom. The zero-order valence-corrected chi connectivity index (χ0v) is 14.4. The maximum atomic E-state index is 12.0. The summed E-state index contributed by atoms with van der Waals surface area (Å²) in [6.45, 7) is 5.56. The van der Waals surface area contributed by atoms with Crippen molar-refractivity contribution >= 4 is 39.3 Å². The van der Waals surface area contributed by atoms with Crippen LogP contribution in [0.4, 0.5) is 0 Å². The molecule has 0 aliphatic heterocycles. The van der Waals surface area contributed by atoms with Crippen LogP contribution in [0.15, 0.2) is 22.7 Å². The van der Waals surface area contributed by atoms with E-state index in [4.69, 9.17) is 16.3 Å². The van der Waals surface area contributed by atoms with E-state index in [2.05, 4.69) is 26.6 Å². The largest absolute Gasteiger partial charge is 0.480 e. The average Bonchev–Trinajstić information content (AvgIpc) is 2.41. The highest BCUT2D eigenvalue weighted by molar-refractivity contribution is 9.10. The molecule has 0 saturated carbocycles. The summed E-state index contributed by atoms with van der Waals surface area (Å²) < 4.78 is 6.21. The van der Waals surface area contributed by atoms with Gasteiger partial charge in [0, 0.05) is 11.6 Å². The van der Waals surface area contributed by atoms with Crippen molar-refractivity contribution in [3.05, 3.63) is 27.7 Å². The maximum absolute atomic E-state index is 12.0. The lowest BCUT2D eigenvalue weighted by molar-refractivity contribution is -0.132. The minimum Gasteiger partial charge on any atom is -0.480 e. The molecule has 0 fully saturated rings. The van der Waals surface area contributed by atoms with E-state index >= 15 is 0 Å². The molecule has 21 heavy (non-hydrogen) atoms. The van der Waals surface area contributed by atoms with Gasteiger partial charge in [0.2, 0.25) is 5.91 Å². The fourth-order valence-electron chi connectivity index (χ4n) is 1.54. The smallest absolute Gasteiger partial charge is 0.261 e. The number of amides is 2. The Kier molecular flexibility index (Phi) is 6.98. The van der Waals surface area contributed by atoms with Gasteiger partial charge in [0.15, 0.2) is 6.10 Å². The van der Waals surface area contributed by atoms with Crippen LogP contribution in [-0.4, -0.2) is 30.5 Å². The number of carbonyl (C=O) groups excluding carboxylic acids is 2. The van der Waals surface area contributed by atoms with Crippen LogP contribution in [-0.2, 0) is 9.59 Å². The molecular weight excluding hydrogens is 360 g/mol. The van der Waals surface area contributed by atoms with Gasteiger partial charge in [-0.3, -0.25) is 9.59 Å². The Bertz CT molecular complexity index is 525. The Balaban J connectivity index is 2.60. The zero-order valence-electron chi connectivity index (χ0n) is 12.1. The van der Waals surface area contributed by atoms with E-state index in [0.29, 0.717) is 21.8 Å². The van der Waals surface area contributed by atoms with Crippen LogP contribution in [0.1, 0.15) is 20.8 Å². The highest BCUT2D eigenvalue weighted by atomic mass is 79.9. The molecule has 2 atom stereocenters. The fraction of sp³-hybridized carbons (Fsp3) is 0.429. The third-order valence-corrected chi connectivity index (χ3v) is 3.52. The number of benzene rings is 1. The van der Waals surface area contributed by atoms with Crippen LogP contribution in [0.5, 0.6) is 5.75 Å². The van der Waals surface area contributed by atoms with Crippen molar-refractivity contribution in [2.75, 3.05) is 6.54 Å². The van der Waals surface area contributed by atoms with Crippen LogP contribution < -0.4 is 15.4 Å². The van der Waals surface area contributed by atoms with Crippen molar-refractivity contribution in [3.8, 4) is 5.75 Å². The van der Waals surface area contributed by atoms with E-state index < -0.39 is 12.1 Å². The summed E-state index contributed by atoms with van der Waals surface area (Å²) in [5, 5.41) is 5.80. The Morgan fingerprint density at radius 1 is 1.33 bits per heavy atom. The van der Waals surface area contributed by atoms with Crippen molar-refractivity contribution in [3.63, 3.8) is 0 Å². The zero-order chi connectivity index (χ0) is 16.0. The second-order valence-corrected chi connectivity index (χ2v) is 5.75. The van der Waals surface area contributed by atoms with E-state index in [9.17, 15) is 9.59 Å². The van der Waals surface area contributed by atoms with E-state index in [1.807, 2.05) is 6.92 Å². The summed E-state index contributed by atoms with van der Waals surface area (Å²) in [6, 6.07) is 4.41. The van der Waals surface area contributed by atoms with Crippen molar-refractivity contribution in [1.29, 1.82) is 0 Å². The average molecular weight is 378 g/mol. The van der Waals surface area contributed by atoms with Crippen molar-refractivity contribution < 1.29 is 14.3 Å². The number of hydrogen-bond donors (Lipinski definition) is 2. The van der Waals surface area contributed by atoms with E-state index in [0.717, 1.165) is 0 Å². The predicted octanol–water partition coefficient (Wildman–Crippen LogP) is 2.51. The molecule has 0 unspecified atom stereocenters. The van der Waals surface area contributed by atoms with E-state index in [1.54, 1.807) is 32.0 Å². The van der Waals surface area contributed by atoms with E-state index in [-0.39, 0.29) is 11.8 Å². The Labute approximate surface area is 137 Å². The molecule has 0 aliphatic carbocycles. The molecule has 0 aliphatic rings. The van der Waals surface area contributed by atoms with Crippen LogP contribution >= 0.6 is 27.5 Å². The molecule has 2 N–H and O–H groups in total. The Morgan fingerprint density at radius 2 is 2.00 bits per heavy atom. The van der Waals surface area contributed by atoms with Crippen molar-refractivity contribution in [2.45, 2.75) is 32.9 Å². The number of halogens is 2. The molecule has 0 heterocycles. The summed E-state index contributed by atoms with van der Waals surface area (Å²) in [5.74, 6) is -0.0889. The number of hydrogen-bond acceptors (Lipinski definition) is 3. The summed E-state index contributed by atoms with van der Waals surface area (Å²) in [5.41, 5.74) is 0. The van der Waals surface area contributed by atoms with Crippen molar-refractivity contribution in [2.24, 2.45) is 0 Å². The third kappa shape index (κ3) is 5.55. The van der Waals surface area contributed by atoms with Gasteiger partial charge in [-0.25, -0.2) is 0 Å². The van der Waals surface area contributed by atoms with Gasteiger partial charge in [0.25, 0.3) is 5.91 Å². The van der Waals surface area contributed by atoms with Gasteiger partial charge in [-0.2, -0.15) is 0 Å². The number of ether oxygens (including phenoxy) is 1. The molecule has 0 bridgehead atoms. The first-order chi connectivity index (χ1) is 9.85. The number of rotatable bonds is 6. The first-order valence-electron chi connectivity index (χ1n) is 6.55. The van der Waals surface area contributed by atoms with Gasteiger partial charge in [-0.15, -0.1) is 0 Å². The lowest BCUT2D eigenvalue weighted by Crippen LogP contribution is -2.48. The topological polar surface area (TPSA) is 67.4 Å². The minimum atomic E-state index is -0.737. The minimum absolute atomic E-state index is 0.231. The fourth-order valence-corrected chi connectivity index (χ4v) is 2.31. The second kappa shape index (κ2) is 8.24. The number of carbonyl (C=O) groups is 2. The molecule has 0 saturated heterocycles.